The second-order valence-electron chi connectivity index (χ2n) is 9.09. The average Bonchev–Trinajstić information content (AvgIpc) is 2.83. The average molecular weight is 490 g/mol. The maximum atomic E-state index is 13.6. The molecule has 7 heteroatoms. The highest BCUT2D eigenvalue weighted by Gasteiger charge is 2.46. The lowest BCUT2D eigenvalue weighted by atomic mass is 9.69. The van der Waals surface area contributed by atoms with Gasteiger partial charge in [-0.05, 0) is 43.0 Å². The van der Waals surface area contributed by atoms with E-state index in [4.69, 9.17) is 20.8 Å². The summed E-state index contributed by atoms with van der Waals surface area (Å²) in [6.07, 6.45) is 2.06. The van der Waals surface area contributed by atoms with E-state index in [1.807, 2.05) is 31.2 Å². The Hall–Kier alpha value is -3.64. The molecule has 2 heterocycles. The Balaban J connectivity index is 1.69. The minimum atomic E-state index is -0.954. The lowest BCUT2D eigenvalue weighted by molar-refractivity contribution is -0.144. The molecule has 1 aliphatic carbocycles. The number of rotatable bonds is 3. The smallest absolute Gasteiger partial charge is 0.315 e. The molecule has 178 valence electrons. The summed E-state index contributed by atoms with van der Waals surface area (Å²) in [4.78, 5) is 40.2. The van der Waals surface area contributed by atoms with Gasteiger partial charge in [-0.2, -0.15) is 0 Å². The van der Waals surface area contributed by atoms with Gasteiger partial charge in [0.25, 0.3) is 0 Å². The fourth-order valence-electron chi connectivity index (χ4n) is 5.29. The number of carbonyl (C=O) groups is 2. The van der Waals surface area contributed by atoms with Crippen LogP contribution in [0.15, 0.2) is 81.5 Å². The Morgan fingerprint density at radius 1 is 1.14 bits per heavy atom. The quantitative estimate of drug-likeness (QED) is 0.512. The van der Waals surface area contributed by atoms with E-state index >= 15 is 0 Å². The highest BCUT2D eigenvalue weighted by molar-refractivity contribution is 6.31. The summed E-state index contributed by atoms with van der Waals surface area (Å²) in [6.45, 7) is 5.95. The highest BCUT2D eigenvalue weighted by atomic mass is 35.5. The predicted molar refractivity (Wildman–Crippen MR) is 133 cm³/mol. The largest absolute Gasteiger partial charge is 0.468 e. The molecule has 1 aromatic heterocycles. The summed E-state index contributed by atoms with van der Waals surface area (Å²) in [5.74, 6) is -2.69. The molecule has 3 aromatic rings. The van der Waals surface area contributed by atoms with Gasteiger partial charge in [0.15, 0.2) is 11.2 Å². The molecule has 0 bridgehead atoms. The van der Waals surface area contributed by atoms with Crippen molar-refractivity contribution in [2.24, 2.45) is 5.92 Å². The number of aryl methyl sites for hydroxylation is 1. The Kier molecular flexibility index (Phi) is 5.85. The van der Waals surface area contributed by atoms with Crippen molar-refractivity contribution in [1.82, 2.24) is 5.32 Å². The van der Waals surface area contributed by atoms with Crippen molar-refractivity contribution in [3.63, 3.8) is 0 Å². The van der Waals surface area contributed by atoms with Gasteiger partial charge in [-0.15, -0.1) is 0 Å². The number of hydrogen-bond acceptors (Lipinski definition) is 6. The molecular weight excluding hydrogens is 466 g/mol. The first-order valence-electron chi connectivity index (χ1n) is 11.4. The lowest BCUT2D eigenvalue weighted by Gasteiger charge is -2.39. The molecule has 5 rings (SSSR count). The summed E-state index contributed by atoms with van der Waals surface area (Å²) in [6, 6.07) is 12.8. The van der Waals surface area contributed by atoms with Crippen molar-refractivity contribution >= 4 is 34.3 Å². The van der Waals surface area contributed by atoms with Gasteiger partial charge in [-0.25, -0.2) is 0 Å². The molecular formula is C28H24ClNO5. The second-order valence-corrected chi connectivity index (χ2v) is 9.50. The number of methoxy groups -OCH3 is 1. The van der Waals surface area contributed by atoms with E-state index in [-0.39, 0.29) is 29.1 Å². The van der Waals surface area contributed by atoms with Gasteiger partial charge in [0.1, 0.15) is 11.5 Å². The molecule has 0 amide bonds. The number of allylic oxidation sites excluding steroid dienone is 2. The molecule has 1 N–H and O–H groups in total. The van der Waals surface area contributed by atoms with Crippen molar-refractivity contribution < 1.29 is 18.7 Å². The van der Waals surface area contributed by atoms with Crippen molar-refractivity contribution in [3.05, 3.63) is 104 Å². The Morgan fingerprint density at radius 2 is 1.91 bits per heavy atom. The SMILES string of the molecule is C=C1NC2=C(C(=O)CC(c3ccccc3Cl)C2)C(c2coc3ccc(C)cc3c2=O)C1C(=O)OC. The molecule has 3 unspecified atom stereocenters. The first kappa shape index (κ1) is 23.1. The molecule has 0 fully saturated rings. The Labute approximate surface area is 207 Å². The van der Waals surface area contributed by atoms with Crippen LogP contribution in [0, 0.1) is 12.8 Å². The summed E-state index contributed by atoms with van der Waals surface area (Å²) < 4.78 is 10.9. The zero-order chi connectivity index (χ0) is 24.9. The van der Waals surface area contributed by atoms with E-state index < -0.39 is 17.8 Å². The molecule has 2 aliphatic rings. The second kappa shape index (κ2) is 8.86. The van der Waals surface area contributed by atoms with Gasteiger partial charge in [0, 0.05) is 39.9 Å². The van der Waals surface area contributed by atoms with Crippen LogP contribution >= 0.6 is 11.6 Å². The maximum absolute atomic E-state index is 13.6. The molecule has 0 radical (unpaired) electrons. The molecule has 3 atom stereocenters. The molecule has 0 saturated carbocycles. The van der Waals surface area contributed by atoms with Crippen LogP contribution in [0.5, 0.6) is 0 Å². The van der Waals surface area contributed by atoms with Crippen molar-refractivity contribution in [3.8, 4) is 0 Å². The monoisotopic (exact) mass is 489 g/mol. The molecule has 1 aliphatic heterocycles. The third-order valence-corrected chi connectivity index (χ3v) is 7.27. The van der Waals surface area contributed by atoms with E-state index in [2.05, 4.69) is 11.9 Å². The van der Waals surface area contributed by atoms with Crippen molar-refractivity contribution in [2.75, 3.05) is 7.11 Å². The first-order chi connectivity index (χ1) is 16.8. The Morgan fingerprint density at radius 3 is 2.66 bits per heavy atom. The summed E-state index contributed by atoms with van der Waals surface area (Å²) in [7, 11) is 1.28. The number of carbonyl (C=O) groups excluding carboxylic acids is 2. The van der Waals surface area contributed by atoms with E-state index in [0.29, 0.717) is 39.4 Å². The number of ketones is 1. The van der Waals surface area contributed by atoms with E-state index in [0.717, 1.165) is 11.1 Å². The van der Waals surface area contributed by atoms with Crippen LogP contribution in [0.1, 0.15) is 41.4 Å². The first-order valence-corrected chi connectivity index (χ1v) is 11.7. The topological polar surface area (TPSA) is 85.6 Å². The van der Waals surface area contributed by atoms with Gasteiger partial charge in [-0.1, -0.05) is 48.0 Å². The minimum Gasteiger partial charge on any atom is -0.468 e. The summed E-state index contributed by atoms with van der Waals surface area (Å²) in [5, 5.41) is 4.18. The van der Waals surface area contributed by atoms with Gasteiger partial charge in [-0.3, -0.25) is 14.4 Å². The zero-order valence-corrected chi connectivity index (χ0v) is 20.1. The third kappa shape index (κ3) is 3.88. The number of ether oxygens (including phenoxy) is 1. The van der Waals surface area contributed by atoms with Crippen LogP contribution in [0.3, 0.4) is 0 Å². The van der Waals surface area contributed by atoms with Gasteiger partial charge < -0.3 is 14.5 Å². The number of esters is 1. The molecule has 0 spiro atoms. The number of Topliss-reactive ketones (excluding diaryl/α,β-unsaturated/α-hetero) is 1. The van der Waals surface area contributed by atoms with Gasteiger partial charge >= 0.3 is 5.97 Å². The fraction of sp³-hybridized carbons (Fsp3) is 0.250. The van der Waals surface area contributed by atoms with Crippen LogP contribution in [0.4, 0.5) is 0 Å². The van der Waals surface area contributed by atoms with E-state index in [1.54, 1.807) is 18.2 Å². The van der Waals surface area contributed by atoms with E-state index in [9.17, 15) is 14.4 Å². The number of fused-ring (bicyclic) bond motifs is 1. The standard InChI is InChI=1S/C28H24ClNO5/c1-14-8-9-23-18(10-14)27(32)19(13-35-23)25-24(28(33)34-3)15(2)30-21-11-16(12-22(31)26(21)25)17-6-4-5-7-20(17)29/h4-10,13,16,24-25,30H,2,11-12H2,1,3H3. The number of hydrogen-bond donors (Lipinski definition) is 1. The van der Waals surface area contributed by atoms with Crippen LogP contribution < -0.4 is 10.7 Å². The van der Waals surface area contributed by atoms with Crippen LogP contribution in [0.25, 0.3) is 11.0 Å². The summed E-state index contributed by atoms with van der Waals surface area (Å²) in [5.41, 5.74) is 3.59. The zero-order valence-electron chi connectivity index (χ0n) is 19.4. The third-order valence-electron chi connectivity index (χ3n) is 6.93. The van der Waals surface area contributed by atoms with Crippen LogP contribution in [-0.2, 0) is 14.3 Å². The van der Waals surface area contributed by atoms with Crippen LogP contribution in [-0.4, -0.2) is 18.9 Å². The molecule has 2 aromatic carbocycles. The number of benzene rings is 2. The normalized spacial score (nSPS) is 22.1. The number of halogens is 1. The Bertz CT molecular complexity index is 1480. The van der Waals surface area contributed by atoms with Gasteiger partial charge in [0.2, 0.25) is 0 Å². The molecule has 35 heavy (non-hydrogen) atoms. The van der Waals surface area contributed by atoms with Gasteiger partial charge in [0.05, 0.1) is 18.8 Å². The van der Waals surface area contributed by atoms with E-state index in [1.165, 1.54) is 13.4 Å². The summed E-state index contributed by atoms with van der Waals surface area (Å²) >= 11 is 6.43. The predicted octanol–water partition coefficient (Wildman–Crippen LogP) is 5.15. The molecule has 6 nitrogen and oxygen atoms in total. The fourth-order valence-corrected chi connectivity index (χ4v) is 5.58. The van der Waals surface area contributed by atoms with Crippen LogP contribution in [0.2, 0.25) is 5.02 Å². The number of nitrogens with one attached hydrogen (secondary N) is 1. The maximum Gasteiger partial charge on any atom is 0.315 e. The minimum absolute atomic E-state index is 0.138. The molecule has 0 saturated heterocycles. The van der Waals surface area contributed by atoms with Crippen molar-refractivity contribution in [1.29, 1.82) is 0 Å². The van der Waals surface area contributed by atoms with Crippen molar-refractivity contribution in [2.45, 2.75) is 31.6 Å². The highest BCUT2D eigenvalue weighted by Crippen LogP contribution is 2.47. The lowest BCUT2D eigenvalue weighted by Crippen LogP contribution is -2.43.